The van der Waals surface area contributed by atoms with E-state index in [0.717, 1.165) is 18.0 Å². The number of amides is 2. The van der Waals surface area contributed by atoms with E-state index in [9.17, 15) is 4.79 Å². The number of carbonyl (C=O) groups is 1. The second-order valence-corrected chi connectivity index (χ2v) is 7.35. The minimum Gasteiger partial charge on any atom is -0.341 e. The SMILES string of the molecule is C[C@H]1CCC[C@H](C)N1c1nnc(NC(=O)Nc2ccccc2Cl)s1. The molecule has 1 aliphatic rings. The van der Waals surface area contributed by atoms with Gasteiger partial charge in [0.1, 0.15) is 0 Å². The van der Waals surface area contributed by atoms with Crippen LogP contribution < -0.4 is 15.5 Å². The summed E-state index contributed by atoms with van der Waals surface area (Å²) in [5.74, 6) is 0. The number of rotatable bonds is 3. The Morgan fingerprint density at radius 1 is 1.21 bits per heavy atom. The zero-order valence-corrected chi connectivity index (χ0v) is 15.2. The molecule has 8 heteroatoms. The number of aromatic nitrogens is 2. The van der Waals surface area contributed by atoms with Gasteiger partial charge in [-0.2, -0.15) is 0 Å². The number of nitrogens with one attached hydrogen (secondary N) is 2. The lowest BCUT2D eigenvalue weighted by Crippen LogP contribution is -2.43. The molecule has 24 heavy (non-hydrogen) atoms. The minimum atomic E-state index is -0.384. The third-order valence-electron chi connectivity index (χ3n) is 4.17. The van der Waals surface area contributed by atoms with Crippen molar-refractivity contribution in [2.45, 2.75) is 45.2 Å². The summed E-state index contributed by atoms with van der Waals surface area (Å²) in [6.07, 6.45) is 3.54. The molecule has 6 nitrogen and oxygen atoms in total. The van der Waals surface area contributed by atoms with Gasteiger partial charge in [0.05, 0.1) is 10.7 Å². The number of hydrogen-bond acceptors (Lipinski definition) is 5. The van der Waals surface area contributed by atoms with E-state index >= 15 is 0 Å². The first kappa shape index (κ1) is 17.0. The van der Waals surface area contributed by atoms with E-state index in [1.807, 2.05) is 12.1 Å². The molecule has 0 bridgehead atoms. The van der Waals surface area contributed by atoms with Gasteiger partial charge < -0.3 is 10.2 Å². The smallest absolute Gasteiger partial charge is 0.325 e. The van der Waals surface area contributed by atoms with Crippen molar-refractivity contribution in [3.8, 4) is 0 Å². The first-order valence-electron chi connectivity index (χ1n) is 7.99. The zero-order chi connectivity index (χ0) is 17.1. The number of piperidine rings is 1. The Bertz CT molecular complexity index is 712. The Labute approximate surface area is 150 Å². The van der Waals surface area contributed by atoms with Crippen molar-refractivity contribution in [3.63, 3.8) is 0 Å². The van der Waals surface area contributed by atoms with Gasteiger partial charge in [-0.15, -0.1) is 10.2 Å². The highest BCUT2D eigenvalue weighted by molar-refractivity contribution is 7.19. The monoisotopic (exact) mass is 365 g/mol. The Morgan fingerprint density at radius 2 is 1.92 bits per heavy atom. The molecule has 2 heterocycles. The molecular formula is C16H20ClN5OS. The molecule has 0 aliphatic carbocycles. The molecule has 2 N–H and O–H groups in total. The zero-order valence-electron chi connectivity index (χ0n) is 13.6. The highest BCUT2D eigenvalue weighted by Crippen LogP contribution is 2.32. The fourth-order valence-corrected chi connectivity index (χ4v) is 4.11. The molecular weight excluding hydrogens is 346 g/mol. The average Bonchev–Trinajstić information content (AvgIpc) is 2.97. The van der Waals surface area contributed by atoms with Crippen molar-refractivity contribution >= 4 is 44.9 Å². The first-order valence-corrected chi connectivity index (χ1v) is 9.18. The molecule has 0 saturated carbocycles. The summed E-state index contributed by atoms with van der Waals surface area (Å²) in [5, 5.41) is 15.6. The molecule has 128 valence electrons. The molecule has 2 aromatic rings. The quantitative estimate of drug-likeness (QED) is 0.833. The lowest BCUT2D eigenvalue weighted by molar-refractivity contribution is 0.262. The highest BCUT2D eigenvalue weighted by Gasteiger charge is 2.27. The fourth-order valence-electron chi connectivity index (χ4n) is 2.98. The van der Waals surface area contributed by atoms with E-state index in [4.69, 9.17) is 11.6 Å². The molecule has 1 fully saturated rings. The van der Waals surface area contributed by atoms with Gasteiger partial charge >= 0.3 is 6.03 Å². The number of para-hydroxylation sites is 1. The Kier molecular flexibility index (Phi) is 5.20. The number of hydrogen-bond donors (Lipinski definition) is 2. The molecule has 0 unspecified atom stereocenters. The average molecular weight is 366 g/mol. The predicted molar refractivity (Wildman–Crippen MR) is 99.3 cm³/mol. The molecule has 0 spiro atoms. The van der Waals surface area contributed by atoms with Gasteiger partial charge in [0.15, 0.2) is 0 Å². The molecule has 0 radical (unpaired) electrons. The van der Waals surface area contributed by atoms with Crippen molar-refractivity contribution < 1.29 is 4.79 Å². The molecule has 1 aliphatic heterocycles. The third-order valence-corrected chi connectivity index (χ3v) is 5.35. The van der Waals surface area contributed by atoms with Gasteiger partial charge in [0, 0.05) is 12.1 Å². The van der Waals surface area contributed by atoms with E-state index in [2.05, 4.69) is 39.6 Å². The maximum atomic E-state index is 12.1. The number of urea groups is 1. The van der Waals surface area contributed by atoms with Crippen LogP contribution in [0.15, 0.2) is 24.3 Å². The largest absolute Gasteiger partial charge is 0.341 e. The van der Waals surface area contributed by atoms with E-state index in [0.29, 0.717) is 27.9 Å². The lowest BCUT2D eigenvalue weighted by atomic mass is 9.98. The van der Waals surface area contributed by atoms with Crippen molar-refractivity contribution in [2.75, 3.05) is 15.5 Å². The van der Waals surface area contributed by atoms with Crippen LogP contribution in [0.2, 0.25) is 5.02 Å². The Hall–Kier alpha value is -1.86. The van der Waals surface area contributed by atoms with Gasteiger partial charge in [0.25, 0.3) is 0 Å². The molecule has 1 aromatic carbocycles. The number of nitrogens with zero attached hydrogens (tertiary/aromatic N) is 3. The van der Waals surface area contributed by atoms with Crippen molar-refractivity contribution in [1.82, 2.24) is 10.2 Å². The van der Waals surface area contributed by atoms with Gasteiger partial charge in [-0.3, -0.25) is 5.32 Å². The van der Waals surface area contributed by atoms with Crippen LogP contribution in [0.25, 0.3) is 0 Å². The van der Waals surface area contributed by atoms with Crippen LogP contribution in [-0.4, -0.2) is 28.3 Å². The summed E-state index contributed by atoms with van der Waals surface area (Å²) in [7, 11) is 0. The molecule has 1 saturated heterocycles. The second kappa shape index (κ2) is 7.36. The van der Waals surface area contributed by atoms with Crippen molar-refractivity contribution in [3.05, 3.63) is 29.3 Å². The topological polar surface area (TPSA) is 70.2 Å². The summed E-state index contributed by atoms with van der Waals surface area (Å²) >= 11 is 7.42. The summed E-state index contributed by atoms with van der Waals surface area (Å²) in [6, 6.07) is 7.57. The van der Waals surface area contributed by atoms with Crippen molar-refractivity contribution in [1.29, 1.82) is 0 Å². The standard InChI is InChI=1S/C16H20ClN5OS/c1-10-6-5-7-11(2)22(10)16-21-20-15(24-16)19-14(23)18-13-9-4-3-8-12(13)17/h3-4,8-11H,5-7H2,1-2H3,(H2,18,19,20,23)/t10-,11-/m0/s1. The predicted octanol–water partition coefficient (Wildman–Crippen LogP) is 4.60. The van der Waals surface area contributed by atoms with E-state index in [1.165, 1.54) is 17.8 Å². The Morgan fingerprint density at radius 3 is 2.62 bits per heavy atom. The highest BCUT2D eigenvalue weighted by atomic mass is 35.5. The summed E-state index contributed by atoms with van der Waals surface area (Å²) < 4.78 is 0. The third kappa shape index (κ3) is 3.79. The van der Waals surface area contributed by atoms with E-state index < -0.39 is 0 Å². The summed E-state index contributed by atoms with van der Waals surface area (Å²) in [4.78, 5) is 14.4. The van der Waals surface area contributed by atoms with Crippen LogP contribution in [0.1, 0.15) is 33.1 Å². The molecule has 2 amide bonds. The van der Waals surface area contributed by atoms with Crippen LogP contribution in [0.3, 0.4) is 0 Å². The molecule has 2 atom stereocenters. The van der Waals surface area contributed by atoms with Gasteiger partial charge in [-0.25, -0.2) is 4.79 Å². The van der Waals surface area contributed by atoms with Gasteiger partial charge in [0.2, 0.25) is 10.3 Å². The van der Waals surface area contributed by atoms with E-state index in [1.54, 1.807) is 12.1 Å². The van der Waals surface area contributed by atoms with Crippen molar-refractivity contribution in [2.24, 2.45) is 0 Å². The van der Waals surface area contributed by atoms with Crippen LogP contribution >= 0.6 is 22.9 Å². The van der Waals surface area contributed by atoms with Crippen LogP contribution in [0, 0.1) is 0 Å². The molecule has 3 rings (SSSR count). The summed E-state index contributed by atoms with van der Waals surface area (Å²) in [6.45, 7) is 4.41. The first-order chi connectivity index (χ1) is 11.5. The number of anilines is 3. The lowest BCUT2D eigenvalue weighted by Gasteiger charge is -2.38. The van der Waals surface area contributed by atoms with Crippen LogP contribution in [-0.2, 0) is 0 Å². The summed E-state index contributed by atoms with van der Waals surface area (Å²) in [5.41, 5.74) is 0.555. The normalized spacial score (nSPS) is 20.7. The minimum absolute atomic E-state index is 0.384. The Balaban J connectivity index is 1.65. The van der Waals surface area contributed by atoms with Crippen LogP contribution in [0.4, 0.5) is 20.7 Å². The number of benzene rings is 1. The maximum absolute atomic E-state index is 12.1. The van der Waals surface area contributed by atoms with Gasteiger partial charge in [-0.05, 0) is 45.2 Å². The number of carbonyl (C=O) groups excluding carboxylic acids is 1. The molecule has 1 aromatic heterocycles. The van der Waals surface area contributed by atoms with Crippen LogP contribution in [0.5, 0.6) is 0 Å². The number of halogens is 1. The maximum Gasteiger partial charge on any atom is 0.325 e. The van der Waals surface area contributed by atoms with E-state index in [-0.39, 0.29) is 6.03 Å². The fraction of sp³-hybridized carbons (Fsp3) is 0.438. The second-order valence-electron chi connectivity index (χ2n) is 5.98. The van der Waals surface area contributed by atoms with Gasteiger partial charge in [-0.1, -0.05) is 35.1 Å².